The molecule has 4 rings (SSSR count). The lowest BCUT2D eigenvalue weighted by molar-refractivity contribution is -0.118. The molecule has 0 fully saturated rings. The molecule has 0 spiro atoms. The van der Waals surface area contributed by atoms with E-state index in [0.29, 0.717) is 18.4 Å². The van der Waals surface area contributed by atoms with Gasteiger partial charge in [0.15, 0.2) is 0 Å². The topological polar surface area (TPSA) is 38.1 Å². The van der Waals surface area contributed by atoms with Crippen LogP contribution in [0.25, 0.3) is 0 Å². The summed E-state index contributed by atoms with van der Waals surface area (Å²) in [7, 11) is 0. The first-order valence-corrected chi connectivity index (χ1v) is 8.08. The Morgan fingerprint density at radius 3 is 2.59 bits per heavy atom. The number of carbonyl (C=O) groups excluding carboxylic acids is 1. The van der Waals surface area contributed by atoms with E-state index in [2.05, 4.69) is 35.5 Å². The second-order valence-corrected chi connectivity index (χ2v) is 6.68. The predicted molar refractivity (Wildman–Crippen MR) is 86.0 cm³/mol. The summed E-state index contributed by atoms with van der Waals surface area (Å²) in [6.45, 7) is 5.35. The van der Waals surface area contributed by atoms with Crippen LogP contribution >= 0.6 is 0 Å². The maximum atomic E-state index is 12.0. The van der Waals surface area contributed by atoms with Gasteiger partial charge in [0.05, 0.1) is 18.1 Å². The highest BCUT2D eigenvalue weighted by Crippen LogP contribution is 2.40. The zero-order valence-corrected chi connectivity index (χ0v) is 13.1. The molecule has 1 amide bonds. The summed E-state index contributed by atoms with van der Waals surface area (Å²) in [5, 5.41) is 0. The quantitative estimate of drug-likeness (QED) is 0.873. The molecule has 0 bridgehead atoms. The largest absolute Gasteiger partial charge is 0.330 e. The Bertz CT molecular complexity index is 718. The summed E-state index contributed by atoms with van der Waals surface area (Å²) in [5.74, 6) is 0.774. The summed E-state index contributed by atoms with van der Waals surface area (Å²) in [6, 6.07) is 4.92. The minimum absolute atomic E-state index is 0.286. The fourth-order valence-corrected chi connectivity index (χ4v) is 3.99. The zero-order valence-electron chi connectivity index (χ0n) is 13.1. The molecule has 0 saturated heterocycles. The molecule has 0 N–H and O–H groups in total. The number of hydrogen-bond donors (Lipinski definition) is 0. The van der Waals surface area contributed by atoms with E-state index in [0.717, 1.165) is 19.4 Å². The Labute approximate surface area is 130 Å². The first-order valence-electron chi connectivity index (χ1n) is 8.08. The van der Waals surface area contributed by atoms with Gasteiger partial charge in [-0.2, -0.15) is 0 Å². The van der Waals surface area contributed by atoms with Crippen LogP contribution in [0.3, 0.4) is 0 Å². The van der Waals surface area contributed by atoms with Gasteiger partial charge in [-0.3, -0.25) is 4.79 Å². The summed E-state index contributed by atoms with van der Waals surface area (Å²) >= 11 is 0. The molecule has 1 aromatic heterocycles. The Morgan fingerprint density at radius 2 is 1.91 bits per heavy atom. The first kappa shape index (κ1) is 13.6. The highest BCUT2D eigenvalue weighted by atomic mass is 16.2. The minimum atomic E-state index is 0.286. The van der Waals surface area contributed by atoms with E-state index in [1.807, 2.05) is 23.6 Å². The minimum Gasteiger partial charge on any atom is -0.330 e. The lowest BCUT2D eigenvalue weighted by atomic mass is 9.89. The van der Waals surface area contributed by atoms with Gasteiger partial charge in [0, 0.05) is 25.4 Å². The SMILES string of the molecule is CC(C)C(c1cc2c3c(c1)CCN3C(=O)CC2)n1ccnc1. The summed E-state index contributed by atoms with van der Waals surface area (Å²) in [5.41, 5.74) is 5.23. The number of nitrogens with zero attached hydrogens (tertiary/aromatic N) is 3. The van der Waals surface area contributed by atoms with Crippen molar-refractivity contribution in [2.24, 2.45) is 5.92 Å². The Morgan fingerprint density at radius 1 is 1.14 bits per heavy atom. The van der Waals surface area contributed by atoms with Crippen LogP contribution in [0.5, 0.6) is 0 Å². The van der Waals surface area contributed by atoms with Crippen molar-refractivity contribution in [3.63, 3.8) is 0 Å². The number of aromatic nitrogens is 2. The molecule has 114 valence electrons. The molecule has 2 aliphatic rings. The van der Waals surface area contributed by atoms with Crippen LogP contribution in [-0.2, 0) is 17.6 Å². The number of carbonyl (C=O) groups is 1. The highest BCUT2D eigenvalue weighted by molar-refractivity contribution is 5.98. The number of rotatable bonds is 3. The molecule has 2 aliphatic heterocycles. The second kappa shape index (κ2) is 4.97. The van der Waals surface area contributed by atoms with Crippen LogP contribution in [0, 0.1) is 5.92 Å². The lowest BCUT2D eigenvalue weighted by Gasteiger charge is -2.28. The van der Waals surface area contributed by atoms with Crippen LogP contribution in [0.15, 0.2) is 30.9 Å². The fraction of sp³-hybridized carbons (Fsp3) is 0.444. The zero-order chi connectivity index (χ0) is 15.3. The maximum Gasteiger partial charge on any atom is 0.227 e. The number of hydrogen-bond acceptors (Lipinski definition) is 2. The summed E-state index contributed by atoms with van der Waals surface area (Å²) < 4.78 is 2.19. The van der Waals surface area contributed by atoms with Crippen molar-refractivity contribution in [3.05, 3.63) is 47.5 Å². The average molecular weight is 295 g/mol. The third-order valence-corrected chi connectivity index (χ3v) is 4.89. The number of imidazole rings is 1. The van der Waals surface area contributed by atoms with Crippen molar-refractivity contribution in [2.45, 2.75) is 39.2 Å². The molecule has 1 unspecified atom stereocenters. The van der Waals surface area contributed by atoms with Crippen molar-refractivity contribution in [1.82, 2.24) is 9.55 Å². The molecule has 0 radical (unpaired) electrons. The van der Waals surface area contributed by atoms with Gasteiger partial charge in [-0.25, -0.2) is 4.98 Å². The van der Waals surface area contributed by atoms with Gasteiger partial charge >= 0.3 is 0 Å². The number of amides is 1. The molecule has 0 aliphatic carbocycles. The van der Waals surface area contributed by atoms with Crippen molar-refractivity contribution in [1.29, 1.82) is 0 Å². The van der Waals surface area contributed by atoms with Gasteiger partial charge in [0.2, 0.25) is 5.91 Å². The molecule has 2 aromatic rings. The normalized spacial score (nSPS) is 18.0. The summed E-state index contributed by atoms with van der Waals surface area (Å²) in [6.07, 6.45) is 8.29. The maximum absolute atomic E-state index is 12.0. The Kier molecular flexibility index (Phi) is 3.06. The number of aryl methyl sites for hydroxylation is 1. The highest BCUT2D eigenvalue weighted by Gasteiger charge is 2.32. The smallest absolute Gasteiger partial charge is 0.227 e. The molecule has 4 nitrogen and oxygen atoms in total. The van der Waals surface area contributed by atoms with E-state index in [-0.39, 0.29) is 5.91 Å². The van der Waals surface area contributed by atoms with Crippen LogP contribution in [0.1, 0.15) is 43.0 Å². The van der Waals surface area contributed by atoms with Crippen molar-refractivity contribution in [3.8, 4) is 0 Å². The standard InChI is InChI=1S/C18H21N3O/c1-12(2)17(20-8-6-19-11-20)15-9-13-3-4-16(22)21-7-5-14(10-15)18(13)21/h6,8-12,17H,3-5,7H2,1-2H3. The van der Waals surface area contributed by atoms with Gasteiger partial charge < -0.3 is 9.47 Å². The van der Waals surface area contributed by atoms with E-state index in [9.17, 15) is 4.79 Å². The van der Waals surface area contributed by atoms with Gasteiger partial charge in [-0.05, 0) is 35.4 Å². The molecule has 0 saturated carbocycles. The van der Waals surface area contributed by atoms with E-state index in [1.165, 1.54) is 22.4 Å². The molecular weight excluding hydrogens is 274 g/mol. The van der Waals surface area contributed by atoms with Crippen molar-refractivity contribution in [2.75, 3.05) is 11.4 Å². The molecule has 22 heavy (non-hydrogen) atoms. The van der Waals surface area contributed by atoms with Crippen LogP contribution in [0.2, 0.25) is 0 Å². The van der Waals surface area contributed by atoms with Gasteiger partial charge in [-0.15, -0.1) is 0 Å². The summed E-state index contributed by atoms with van der Waals surface area (Å²) in [4.78, 5) is 18.2. The van der Waals surface area contributed by atoms with Crippen LogP contribution in [-0.4, -0.2) is 22.0 Å². The third-order valence-electron chi connectivity index (χ3n) is 4.89. The molecular formula is C18H21N3O. The Balaban J connectivity index is 1.82. The lowest BCUT2D eigenvalue weighted by Crippen LogP contribution is -2.33. The molecule has 4 heteroatoms. The predicted octanol–water partition coefficient (Wildman–Crippen LogP) is 2.96. The fourth-order valence-electron chi connectivity index (χ4n) is 3.99. The number of anilines is 1. The van der Waals surface area contributed by atoms with E-state index < -0.39 is 0 Å². The van der Waals surface area contributed by atoms with Crippen molar-refractivity contribution < 1.29 is 4.79 Å². The van der Waals surface area contributed by atoms with Crippen molar-refractivity contribution >= 4 is 11.6 Å². The molecule has 3 heterocycles. The van der Waals surface area contributed by atoms with Gasteiger partial charge in [-0.1, -0.05) is 26.0 Å². The molecule has 1 aromatic carbocycles. The van der Waals surface area contributed by atoms with Gasteiger partial charge in [0.25, 0.3) is 0 Å². The first-order chi connectivity index (χ1) is 10.6. The van der Waals surface area contributed by atoms with Crippen LogP contribution < -0.4 is 4.90 Å². The van der Waals surface area contributed by atoms with E-state index in [4.69, 9.17) is 0 Å². The number of benzene rings is 1. The third kappa shape index (κ3) is 1.97. The second-order valence-electron chi connectivity index (χ2n) is 6.68. The Hall–Kier alpha value is -2.10. The molecule has 1 atom stereocenters. The van der Waals surface area contributed by atoms with Gasteiger partial charge in [0.1, 0.15) is 0 Å². The van der Waals surface area contributed by atoms with Crippen LogP contribution in [0.4, 0.5) is 5.69 Å². The average Bonchev–Trinajstić information content (AvgIpc) is 3.13. The monoisotopic (exact) mass is 295 g/mol. The van der Waals surface area contributed by atoms with E-state index in [1.54, 1.807) is 0 Å². The van der Waals surface area contributed by atoms with E-state index >= 15 is 0 Å².